The molecule has 0 amide bonds. The zero-order chi connectivity index (χ0) is 29.0. The van der Waals surface area contributed by atoms with E-state index in [0.29, 0.717) is 0 Å². The Morgan fingerprint density at radius 1 is 0.523 bits per heavy atom. The van der Waals surface area contributed by atoms with Gasteiger partial charge in [0.05, 0.1) is 22.3 Å². The Kier molecular flexibility index (Phi) is 5.53. The van der Waals surface area contributed by atoms with Crippen LogP contribution in [0, 0.1) is 0 Å². The minimum atomic E-state index is 0.723. The summed E-state index contributed by atoms with van der Waals surface area (Å²) in [6.07, 6.45) is 32.1. The molecule has 0 heterocycles. The SMILES string of the molecule is C1=C2/C=C3\C=C(CC4=C=C(CC5=C=C(CC=1C1=C=CC=CC=C21)C1=CC=CC=C=C51)C1=CC=CC=C=C41)c1ccccc[c+]13. The first-order valence-corrected chi connectivity index (χ1v) is 15.2. The van der Waals surface area contributed by atoms with Crippen molar-refractivity contribution >= 4 is 11.1 Å². The molecule has 1 aromatic rings. The van der Waals surface area contributed by atoms with Crippen LogP contribution in [0.1, 0.15) is 30.4 Å². The Labute approximate surface area is 257 Å². The summed E-state index contributed by atoms with van der Waals surface area (Å²) < 4.78 is 0. The second-order valence-corrected chi connectivity index (χ2v) is 11.7. The lowest BCUT2D eigenvalue weighted by Crippen LogP contribution is -1.96. The highest BCUT2D eigenvalue weighted by atomic mass is 14.3. The molecular formula is C44H25+. The lowest BCUT2D eigenvalue weighted by atomic mass is 9.90. The Hall–Kier alpha value is -5.87. The third-order valence-electron chi connectivity index (χ3n) is 9.04. The van der Waals surface area contributed by atoms with E-state index in [2.05, 4.69) is 132 Å². The summed E-state index contributed by atoms with van der Waals surface area (Å²) in [4.78, 5) is 0. The molecule has 0 saturated heterocycles. The second kappa shape index (κ2) is 9.85. The molecule has 8 aliphatic carbocycles. The minimum Gasteiger partial charge on any atom is -0.111 e. The summed E-state index contributed by atoms with van der Waals surface area (Å²) in [5.74, 6) is 0. The predicted molar refractivity (Wildman–Crippen MR) is 179 cm³/mol. The van der Waals surface area contributed by atoms with Crippen LogP contribution in [0.3, 0.4) is 0 Å². The van der Waals surface area contributed by atoms with Gasteiger partial charge in [-0.25, -0.2) is 0 Å². The molecule has 0 saturated carbocycles. The van der Waals surface area contributed by atoms with Crippen LogP contribution in [-0.2, 0) is 0 Å². The molecule has 0 N–H and O–H groups in total. The van der Waals surface area contributed by atoms with Crippen molar-refractivity contribution in [2.45, 2.75) is 19.3 Å². The molecule has 0 aromatic heterocycles. The topological polar surface area (TPSA) is 0 Å². The number of allylic oxidation sites excluding steroid dienone is 22. The van der Waals surface area contributed by atoms with Gasteiger partial charge in [-0.15, -0.1) is 28.7 Å². The van der Waals surface area contributed by atoms with E-state index < -0.39 is 0 Å². The molecule has 0 unspecified atom stereocenters. The van der Waals surface area contributed by atoms with Crippen LogP contribution < -0.4 is 0 Å². The second-order valence-electron chi connectivity index (χ2n) is 11.7. The van der Waals surface area contributed by atoms with Gasteiger partial charge in [0.15, 0.2) is 0 Å². The van der Waals surface area contributed by atoms with Gasteiger partial charge in [-0.05, 0) is 42.5 Å². The molecule has 0 radical (unpaired) electrons. The summed E-state index contributed by atoms with van der Waals surface area (Å²) in [5.41, 5.74) is 41.2. The third-order valence-corrected chi connectivity index (χ3v) is 9.04. The first-order valence-electron chi connectivity index (χ1n) is 15.2. The molecule has 44 heavy (non-hydrogen) atoms. The van der Waals surface area contributed by atoms with Crippen LogP contribution >= 0.6 is 0 Å². The summed E-state index contributed by atoms with van der Waals surface area (Å²) >= 11 is 0. The molecule has 0 spiro atoms. The molecule has 9 rings (SSSR count). The van der Waals surface area contributed by atoms with Gasteiger partial charge in [0.2, 0.25) is 0 Å². The average molecular weight is 554 g/mol. The van der Waals surface area contributed by atoms with Crippen molar-refractivity contribution in [3.8, 4) is 0 Å². The first-order chi connectivity index (χ1) is 21.8. The molecule has 0 heteroatoms. The monoisotopic (exact) mass is 553 g/mol. The lowest BCUT2D eigenvalue weighted by Gasteiger charge is -2.10. The highest BCUT2D eigenvalue weighted by Gasteiger charge is 2.33. The highest BCUT2D eigenvalue weighted by Crippen LogP contribution is 2.47. The van der Waals surface area contributed by atoms with E-state index in [1.807, 2.05) is 18.2 Å². The summed E-state index contributed by atoms with van der Waals surface area (Å²) in [7, 11) is 0. The van der Waals surface area contributed by atoms with Crippen molar-refractivity contribution in [1.29, 1.82) is 0 Å². The largest absolute Gasteiger partial charge is 0.111 e. The predicted octanol–water partition coefficient (Wildman–Crippen LogP) is 10.1. The maximum Gasteiger partial charge on any atom is 0.0744 e. The van der Waals surface area contributed by atoms with Crippen molar-refractivity contribution in [3.05, 3.63) is 228 Å². The first kappa shape index (κ1) is 24.7. The Balaban J connectivity index is 1.32. The van der Waals surface area contributed by atoms with Crippen molar-refractivity contribution in [2.24, 2.45) is 0 Å². The molecule has 8 aliphatic rings. The molecular weight excluding hydrogens is 528 g/mol. The smallest absolute Gasteiger partial charge is 0.0744 e. The fourth-order valence-corrected chi connectivity index (χ4v) is 7.07. The van der Waals surface area contributed by atoms with Crippen LogP contribution in [-0.4, -0.2) is 0 Å². The van der Waals surface area contributed by atoms with Crippen molar-refractivity contribution in [2.75, 3.05) is 0 Å². The number of fused-ring (bicyclic) bond motifs is 13. The molecule has 0 aliphatic heterocycles. The number of rotatable bonds is 0. The lowest BCUT2D eigenvalue weighted by molar-refractivity contribution is 1.16. The quantitative estimate of drug-likeness (QED) is 0.222. The van der Waals surface area contributed by atoms with E-state index >= 15 is 0 Å². The van der Waals surface area contributed by atoms with Gasteiger partial charge in [-0.2, -0.15) is 0 Å². The summed E-state index contributed by atoms with van der Waals surface area (Å²) in [6, 6.07) is 10.9. The van der Waals surface area contributed by atoms with Crippen LogP contribution in [0.4, 0.5) is 0 Å². The van der Waals surface area contributed by atoms with Crippen molar-refractivity contribution in [3.63, 3.8) is 0 Å². The molecule has 0 atom stereocenters. The van der Waals surface area contributed by atoms with Crippen LogP contribution in [0.2, 0.25) is 0 Å². The van der Waals surface area contributed by atoms with E-state index in [1.165, 1.54) is 55.7 Å². The highest BCUT2D eigenvalue weighted by molar-refractivity contribution is 5.98. The normalized spacial score (nSPS) is 22.2. The minimum absolute atomic E-state index is 0.723. The summed E-state index contributed by atoms with van der Waals surface area (Å²) in [6.45, 7) is 0. The third kappa shape index (κ3) is 3.96. The zero-order valence-corrected chi connectivity index (χ0v) is 24.1. The van der Waals surface area contributed by atoms with Gasteiger partial charge in [0.1, 0.15) is 0 Å². The van der Waals surface area contributed by atoms with Crippen LogP contribution in [0.15, 0.2) is 217 Å². The van der Waals surface area contributed by atoms with Gasteiger partial charge in [-0.1, -0.05) is 60.4 Å². The fraction of sp³-hybridized carbons (Fsp3) is 0.0682. The van der Waals surface area contributed by atoms with Gasteiger partial charge < -0.3 is 0 Å². The average Bonchev–Trinajstić information content (AvgIpc) is 3.41. The fourth-order valence-electron chi connectivity index (χ4n) is 7.07. The van der Waals surface area contributed by atoms with Crippen LogP contribution in [0.5, 0.6) is 0 Å². The number of hydrogen-bond donors (Lipinski definition) is 0. The molecule has 200 valence electrons. The van der Waals surface area contributed by atoms with Crippen molar-refractivity contribution in [1.82, 2.24) is 0 Å². The van der Waals surface area contributed by atoms with E-state index in [0.717, 1.165) is 52.7 Å². The molecule has 8 bridgehead atoms. The maximum absolute atomic E-state index is 3.87. The summed E-state index contributed by atoms with van der Waals surface area (Å²) in [5, 5.41) is 0. The van der Waals surface area contributed by atoms with Crippen molar-refractivity contribution < 1.29 is 0 Å². The Morgan fingerprint density at radius 2 is 1.11 bits per heavy atom. The molecule has 0 nitrogen and oxygen atoms in total. The van der Waals surface area contributed by atoms with Gasteiger partial charge in [0.25, 0.3) is 0 Å². The van der Waals surface area contributed by atoms with E-state index in [-0.39, 0.29) is 0 Å². The molecule has 0 fully saturated rings. The zero-order valence-electron chi connectivity index (χ0n) is 24.1. The molecule has 1 aromatic carbocycles. The standard InChI is InChI=1S/C44H25/c1-5-13-37-29-21-30(38(37)14-6-1)26-32-23-34(42-18-10-3-8-16-40(32)42)28-36-24-35(43-19-11-4-12-20-44(36)43)27-33-22-31(25-29)39-15-7-2-9-17-41(33)39/h1-15,18-19,21,25H,26-28H2/q+1/b29-25+. The Bertz CT molecular complexity index is 2360. The van der Waals surface area contributed by atoms with Gasteiger partial charge >= 0.3 is 0 Å². The van der Waals surface area contributed by atoms with E-state index in [9.17, 15) is 0 Å². The number of hydrogen-bond acceptors (Lipinski definition) is 0. The maximum atomic E-state index is 3.87. The van der Waals surface area contributed by atoms with Gasteiger partial charge in [-0.3, -0.25) is 0 Å². The Morgan fingerprint density at radius 3 is 1.80 bits per heavy atom. The van der Waals surface area contributed by atoms with Crippen LogP contribution in [0.25, 0.3) is 11.1 Å². The van der Waals surface area contributed by atoms with E-state index in [1.54, 1.807) is 0 Å². The van der Waals surface area contributed by atoms with Gasteiger partial charge in [0, 0.05) is 104 Å². The van der Waals surface area contributed by atoms with E-state index in [4.69, 9.17) is 0 Å².